The molecule has 1 aromatic rings. The Balaban J connectivity index is 2.36. The van der Waals surface area contributed by atoms with E-state index in [1.807, 2.05) is 0 Å². The molecule has 2 unspecified atom stereocenters. The molecule has 1 N–H and O–H groups in total. The summed E-state index contributed by atoms with van der Waals surface area (Å²) in [4.78, 5) is 5.10. The molecule has 1 saturated heterocycles. The summed E-state index contributed by atoms with van der Waals surface area (Å²) >= 11 is 0. The minimum absolute atomic E-state index is 0.0330. The standard InChI is InChI=1S/C14H20F3N3O3S/c1-9(2)23-13-7-18-12(24(3,21)22)8-20(13)11-6-4-5-10(19-11)14(15,16)17/h4-6,9,12-13,18H,7-8H2,1-3H3. The molecule has 6 nitrogen and oxygen atoms in total. The fraction of sp³-hybridized carbons (Fsp3) is 0.643. The summed E-state index contributed by atoms with van der Waals surface area (Å²) in [7, 11) is -3.42. The third-order valence-electron chi connectivity index (χ3n) is 3.50. The molecule has 0 aromatic carbocycles. The highest BCUT2D eigenvalue weighted by Gasteiger charge is 2.37. The minimum Gasteiger partial charge on any atom is -0.354 e. The summed E-state index contributed by atoms with van der Waals surface area (Å²) < 4.78 is 67.9. The van der Waals surface area contributed by atoms with Gasteiger partial charge in [-0.25, -0.2) is 13.4 Å². The van der Waals surface area contributed by atoms with Crippen molar-refractivity contribution in [3.63, 3.8) is 0 Å². The number of nitrogens with zero attached hydrogens (tertiary/aromatic N) is 2. The van der Waals surface area contributed by atoms with Crippen LogP contribution >= 0.6 is 0 Å². The minimum atomic E-state index is -4.57. The Morgan fingerprint density at radius 3 is 2.58 bits per heavy atom. The average molecular weight is 367 g/mol. The predicted octanol–water partition coefficient (Wildman–Crippen LogP) is 1.63. The maximum Gasteiger partial charge on any atom is 0.433 e. The SMILES string of the molecule is CC(C)OC1CNC(S(C)(=O)=O)CN1c1cccc(C(F)(F)F)n1. The zero-order valence-electron chi connectivity index (χ0n) is 13.5. The average Bonchev–Trinajstić information content (AvgIpc) is 2.45. The highest BCUT2D eigenvalue weighted by molar-refractivity contribution is 7.91. The lowest BCUT2D eigenvalue weighted by molar-refractivity contribution is -0.141. The van der Waals surface area contributed by atoms with Gasteiger partial charge in [0.25, 0.3) is 0 Å². The number of ether oxygens (including phenoxy) is 1. The van der Waals surface area contributed by atoms with Crippen LogP contribution in [0, 0.1) is 0 Å². The van der Waals surface area contributed by atoms with Crippen LogP contribution in [0.25, 0.3) is 0 Å². The number of sulfone groups is 1. The molecule has 0 bridgehead atoms. The van der Waals surface area contributed by atoms with Crippen molar-refractivity contribution < 1.29 is 26.3 Å². The molecular formula is C14H20F3N3O3S. The molecule has 2 atom stereocenters. The Labute approximate surface area is 138 Å². The van der Waals surface area contributed by atoms with Crippen molar-refractivity contribution in [2.24, 2.45) is 0 Å². The molecule has 136 valence electrons. The van der Waals surface area contributed by atoms with Crippen LogP contribution < -0.4 is 10.2 Å². The zero-order chi connectivity index (χ0) is 18.1. The second kappa shape index (κ2) is 6.85. The number of aromatic nitrogens is 1. The Bertz CT molecular complexity index is 679. The van der Waals surface area contributed by atoms with Crippen molar-refractivity contribution >= 4 is 15.7 Å². The number of pyridine rings is 1. The first-order valence-corrected chi connectivity index (χ1v) is 9.32. The van der Waals surface area contributed by atoms with Gasteiger partial charge in [-0.1, -0.05) is 6.07 Å². The summed E-state index contributed by atoms with van der Waals surface area (Å²) in [6.07, 6.45) is -4.29. The van der Waals surface area contributed by atoms with Crippen molar-refractivity contribution in [3.05, 3.63) is 23.9 Å². The number of hydrogen-bond acceptors (Lipinski definition) is 6. The monoisotopic (exact) mass is 367 g/mol. The molecular weight excluding hydrogens is 347 g/mol. The molecule has 2 rings (SSSR count). The number of halogens is 3. The van der Waals surface area contributed by atoms with Crippen LogP contribution in [-0.4, -0.2) is 50.5 Å². The first kappa shape index (κ1) is 18.9. The Morgan fingerprint density at radius 1 is 1.38 bits per heavy atom. The van der Waals surface area contributed by atoms with E-state index < -0.39 is 33.3 Å². The van der Waals surface area contributed by atoms with E-state index in [0.29, 0.717) is 0 Å². The Kier molecular flexibility index (Phi) is 5.41. The van der Waals surface area contributed by atoms with Gasteiger partial charge in [0.15, 0.2) is 9.84 Å². The lowest BCUT2D eigenvalue weighted by Gasteiger charge is -2.40. The molecule has 0 radical (unpaired) electrons. The van der Waals surface area contributed by atoms with E-state index in [4.69, 9.17) is 4.74 Å². The molecule has 0 spiro atoms. The number of piperazine rings is 1. The Hall–Kier alpha value is -1.39. The molecule has 1 aromatic heterocycles. The van der Waals surface area contributed by atoms with Crippen molar-refractivity contribution in [3.8, 4) is 0 Å². The van der Waals surface area contributed by atoms with Crippen molar-refractivity contribution in [2.75, 3.05) is 24.2 Å². The van der Waals surface area contributed by atoms with E-state index in [9.17, 15) is 21.6 Å². The number of hydrogen-bond donors (Lipinski definition) is 1. The van der Waals surface area contributed by atoms with Gasteiger partial charge in [0.05, 0.1) is 12.6 Å². The highest BCUT2D eigenvalue weighted by atomic mass is 32.2. The van der Waals surface area contributed by atoms with E-state index in [0.717, 1.165) is 12.3 Å². The van der Waals surface area contributed by atoms with Gasteiger partial charge in [0.2, 0.25) is 0 Å². The molecule has 24 heavy (non-hydrogen) atoms. The lowest BCUT2D eigenvalue weighted by atomic mass is 10.2. The molecule has 2 heterocycles. The quantitative estimate of drug-likeness (QED) is 0.872. The zero-order valence-corrected chi connectivity index (χ0v) is 14.4. The van der Waals surface area contributed by atoms with Crippen molar-refractivity contribution in [1.29, 1.82) is 0 Å². The molecule has 10 heteroatoms. The van der Waals surface area contributed by atoms with Gasteiger partial charge in [-0.05, 0) is 26.0 Å². The summed E-state index contributed by atoms with van der Waals surface area (Å²) in [6.45, 7) is 3.69. The van der Waals surface area contributed by atoms with E-state index in [1.54, 1.807) is 13.8 Å². The fourth-order valence-electron chi connectivity index (χ4n) is 2.41. The van der Waals surface area contributed by atoms with Crippen LogP contribution in [0.2, 0.25) is 0 Å². The molecule has 0 saturated carbocycles. The fourth-order valence-corrected chi connectivity index (χ4v) is 3.24. The smallest absolute Gasteiger partial charge is 0.354 e. The molecule has 1 aliphatic rings. The van der Waals surface area contributed by atoms with Crippen molar-refractivity contribution in [1.82, 2.24) is 10.3 Å². The maximum absolute atomic E-state index is 12.9. The van der Waals surface area contributed by atoms with E-state index in [-0.39, 0.29) is 25.0 Å². The molecule has 0 aliphatic carbocycles. The van der Waals surface area contributed by atoms with Crippen LogP contribution in [0.1, 0.15) is 19.5 Å². The molecule has 1 aliphatic heterocycles. The molecule has 0 amide bonds. The van der Waals surface area contributed by atoms with Gasteiger partial charge in [0.1, 0.15) is 23.1 Å². The van der Waals surface area contributed by atoms with E-state index in [2.05, 4.69) is 10.3 Å². The van der Waals surface area contributed by atoms with Gasteiger partial charge in [-0.2, -0.15) is 13.2 Å². The second-order valence-corrected chi connectivity index (χ2v) is 8.13. The topological polar surface area (TPSA) is 71.5 Å². The normalized spacial score (nSPS) is 22.9. The summed E-state index contributed by atoms with van der Waals surface area (Å²) in [6, 6.07) is 3.53. The summed E-state index contributed by atoms with van der Waals surface area (Å²) in [5.41, 5.74) is -1.03. The first-order chi connectivity index (χ1) is 11.0. The summed E-state index contributed by atoms with van der Waals surface area (Å²) in [5.74, 6) is 0.0330. The second-order valence-electron chi connectivity index (χ2n) is 5.90. The largest absolute Gasteiger partial charge is 0.433 e. The van der Waals surface area contributed by atoms with Gasteiger partial charge in [-0.15, -0.1) is 0 Å². The Morgan fingerprint density at radius 2 is 2.04 bits per heavy atom. The van der Waals surface area contributed by atoms with Crippen LogP contribution in [0.3, 0.4) is 0 Å². The van der Waals surface area contributed by atoms with E-state index >= 15 is 0 Å². The predicted molar refractivity (Wildman–Crippen MR) is 83.2 cm³/mol. The molecule has 1 fully saturated rings. The van der Waals surface area contributed by atoms with Crippen molar-refractivity contribution in [2.45, 2.75) is 37.7 Å². The highest BCUT2D eigenvalue weighted by Crippen LogP contribution is 2.30. The van der Waals surface area contributed by atoms with E-state index in [1.165, 1.54) is 17.0 Å². The number of anilines is 1. The van der Waals surface area contributed by atoms with Gasteiger partial charge >= 0.3 is 6.18 Å². The third-order valence-corrected chi connectivity index (χ3v) is 4.84. The van der Waals surface area contributed by atoms with Gasteiger partial charge in [-0.3, -0.25) is 5.32 Å². The lowest BCUT2D eigenvalue weighted by Crippen LogP contribution is -2.60. The van der Waals surface area contributed by atoms with Gasteiger partial charge < -0.3 is 9.64 Å². The van der Waals surface area contributed by atoms with Gasteiger partial charge in [0, 0.05) is 12.8 Å². The van der Waals surface area contributed by atoms with Crippen LogP contribution in [0.4, 0.5) is 19.0 Å². The van der Waals surface area contributed by atoms with Crippen LogP contribution in [0.15, 0.2) is 18.2 Å². The first-order valence-electron chi connectivity index (χ1n) is 7.37. The number of rotatable bonds is 4. The number of nitrogens with one attached hydrogen (secondary N) is 1. The maximum atomic E-state index is 12.9. The third kappa shape index (κ3) is 4.58. The van der Waals surface area contributed by atoms with Crippen LogP contribution in [-0.2, 0) is 20.8 Å². The van der Waals surface area contributed by atoms with Crippen LogP contribution in [0.5, 0.6) is 0 Å². The summed E-state index contributed by atoms with van der Waals surface area (Å²) in [5, 5.41) is 1.95. The number of alkyl halides is 3.